The number of likely N-dealkylation sites (tertiary alicyclic amines) is 1. The van der Waals surface area contributed by atoms with Gasteiger partial charge in [-0.15, -0.1) is 0 Å². The van der Waals surface area contributed by atoms with Crippen molar-refractivity contribution in [1.29, 1.82) is 0 Å². The van der Waals surface area contributed by atoms with Crippen LogP contribution in [0.4, 0.5) is 9.18 Å². The predicted octanol–water partition coefficient (Wildman–Crippen LogP) is 5.19. The summed E-state index contributed by atoms with van der Waals surface area (Å²) in [5, 5.41) is 7.77. The van der Waals surface area contributed by atoms with Gasteiger partial charge in [0.2, 0.25) is 0 Å². The molecule has 34 heavy (non-hydrogen) atoms. The van der Waals surface area contributed by atoms with Crippen LogP contribution in [0.3, 0.4) is 0 Å². The highest BCUT2D eigenvalue weighted by atomic mass is 19.1. The molecule has 0 atom stereocenters. The molecule has 0 unspecified atom stereocenters. The Labute approximate surface area is 201 Å². The number of piperidine rings is 1. The first-order valence-corrected chi connectivity index (χ1v) is 11.6. The fraction of sp³-hybridized carbons (Fsp3) is 0.423. The van der Waals surface area contributed by atoms with Crippen molar-refractivity contribution >= 4 is 17.9 Å². The van der Waals surface area contributed by atoms with Crippen molar-refractivity contribution in [2.45, 2.75) is 46.1 Å². The number of allylic oxidation sites excluding steroid dienone is 1. The van der Waals surface area contributed by atoms with E-state index in [0.717, 1.165) is 36.2 Å². The predicted molar refractivity (Wildman–Crippen MR) is 133 cm³/mol. The third-order valence-corrected chi connectivity index (χ3v) is 5.56. The van der Waals surface area contributed by atoms with E-state index in [0.29, 0.717) is 24.7 Å². The third kappa shape index (κ3) is 6.79. The summed E-state index contributed by atoms with van der Waals surface area (Å²) in [5.74, 6) is 0.0617. The molecular formula is C26H34FN5O2. The average Bonchev–Trinajstić information content (AvgIpc) is 3.28. The van der Waals surface area contributed by atoms with E-state index in [1.807, 2.05) is 27.7 Å². The van der Waals surface area contributed by atoms with Crippen LogP contribution >= 0.6 is 0 Å². The molecule has 0 aliphatic carbocycles. The fourth-order valence-electron chi connectivity index (χ4n) is 3.68. The summed E-state index contributed by atoms with van der Waals surface area (Å²) >= 11 is 0. The molecule has 1 fully saturated rings. The molecule has 1 aliphatic heterocycles. The molecule has 7 nitrogen and oxygen atoms in total. The normalized spacial score (nSPS) is 15.6. The molecule has 3 rings (SSSR count). The first-order chi connectivity index (χ1) is 16.2. The van der Waals surface area contributed by atoms with E-state index in [1.165, 1.54) is 10.7 Å². The van der Waals surface area contributed by atoms with Crippen LogP contribution in [0.25, 0.3) is 11.3 Å². The molecule has 1 N–H and O–H groups in total. The van der Waals surface area contributed by atoms with Crippen LogP contribution in [0.1, 0.15) is 46.1 Å². The number of hydrogen-bond donors (Lipinski definition) is 1. The number of nitrogens with zero attached hydrogens (tertiary/aromatic N) is 4. The number of aliphatic imine (C=N–C) groups is 1. The number of benzene rings is 1. The minimum atomic E-state index is -0.491. The lowest BCUT2D eigenvalue weighted by atomic mass is 9.96. The zero-order chi connectivity index (χ0) is 24.7. The number of nitrogens with one attached hydrogen (secondary N) is 1. The molecule has 1 saturated heterocycles. The minimum Gasteiger partial charge on any atom is -0.444 e. The van der Waals surface area contributed by atoms with Gasteiger partial charge in [-0.25, -0.2) is 13.9 Å². The monoisotopic (exact) mass is 467 g/mol. The zero-order valence-electron chi connectivity index (χ0n) is 20.4. The summed E-state index contributed by atoms with van der Waals surface area (Å²) in [6.07, 6.45) is 8.37. The Kier molecular flexibility index (Phi) is 8.26. The smallest absolute Gasteiger partial charge is 0.410 e. The van der Waals surface area contributed by atoms with Gasteiger partial charge in [0.15, 0.2) is 0 Å². The summed E-state index contributed by atoms with van der Waals surface area (Å²) < 4.78 is 21.1. The number of ether oxygens (including phenoxy) is 1. The first kappa shape index (κ1) is 25.2. The van der Waals surface area contributed by atoms with Gasteiger partial charge >= 0.3 is 6.09 Å². The molecule has 1 aliphatic rings. The van der Waals surface area contributed by atoms with E-state index in [2.05, 4.69) is 22.0 Å². The van der Waals surface area contributed by atoms with E-state index >= 15 is 0 Å². The van der Waals surface area contributed by atoms with E-state index in [9.17, 15) is 9.18 Å². The van der Waals surface area contributed by atoms with Crippen LogP contribution in [0.5, 0.6) is 0 Å². The van der Waals surface area contributed by atoms with Crippen LogP contribution in [0.15, 0.2) is 60.1 Å². The van der Waals surface area contributed by atoms with E-state index in [-0.39, 0.29) is 11.9 Å². The Bertz CT molecular complexity index is 1060. The highest BCUT2D eigenvalue weighted by Gasteiger charge is 2.27. The van der Waals surface area contributed by atoms with Crippen molar-refractivity contribution in [3.63, 3.8) is 0 Å². The van der Waals surface area contributed by atoms with Gasteiger partial charge in [0.25, 0.3) is 0 Å². The van der Waals surface area contributed by atoms with Gasteiger partial charge in [0, 0.05) is 43.2 Å². The van der Waals surface area contributed by atoms with Crippen molar-refractivity contribution in [1.82, 2.24) is 20.0 Å². The van der Waals surface area contributed by atoms with Crippen LogP contribution in [0.2, 0.25) is 0 Å². The fourth-order valence-corrected chi connectivity index (χ4v) is 3.68. The second kappa shape index (κ2) is 11.1. The molecule has 0 radical (unpaired) electrons. The average molecular weight is 468 g/mol. The van der Waals surface area contributed by atoms with E-state index < -0.39 is 5.60 Å². The van der Waals surface area contributed by atoms with E-state index in [1.54, 1.807) is 47.9 Å². The summed E-state index contributed by atoms with van der Waals surface area (Å²) in [6, 6.07) is 6.50. The molecule has 1 aromatic carbocycles. The second-order valence-corrected chi connectivity index (χ2v) is 9.35. The van der Waals surface area contributed by atoms with Crippen molar-refractivity contribution in [2.75, 3.05) is 19.6 Å². The number of aromatic nitrogens is 2. The summed E-state index contributed by atoms with van der Waals surface area (Å²) in [4.78, 5) is 18.3. The second-order valence-electron chi connectivity index (χ2n) is 9.35. The largest absolute Gasteiger partial charge is 0.444 e. The lowest BCUT2D eigenvalue weighted by Crippen LogP contribution is -2.43. The number of para-hydroxylation sites is 1. The van der Waals surface area contributed by atoms with Gasteiger partial charge in [-0.2, -0.15) is 5.10 Å². The molecule has 2 aromatic rings. The summed E-state index contributed by atoms with van der Waals surface area (Å²) in [6.45, 7) is 13.8. The van der Waals surface area contributed by atoms with Crippen molar-refractivity contribution in [3.05, 3.63) is 66.5 Å². The van der Waals surface area contributed by atoms with Gasteiger partial charge in [0.1, 0.15) is 17.1 Å². The molecule has 182 valence electrons. The molecule has 0 bridgehead atoms. The molecule has 2 heterocycles. The lowest BCUT2D eigenvalue weighted by Gasteiger charge is -2.33. The first-order valence-electron chi connectivity index (χ1n) is 11.6. The molecule has 1 aromatic heterocycles. The Morgan fingerprint density at radius 1 is 1.32 bits per heavy atom. The standard InChI is InChI=1S/C26H34FN5O2/c1-6-28-17-23(19(2)21-16-30-32(18-21)24-10-8-7-9-22(24)27)29-15-20-11-13-31(14-12-20)25(33)34-26(3,4)5/h6-10,16-18,20,29H,2,11-15H2,1,3-5H3/b23-17+,28-6?. The van der Waals surface area contributed by atoms with Gasteiger partial charge in [-0.3, -0.25) is 4.99 Å². The number of halogens is 1. The Hall–Kier alpha value is -3.42. The quantitative estimate of drug-likeness (QED) is 0.449. The maximum atomic E-state index is 14.1. The maximum Gasteiger partial charge on any atom is 0.410 e. The minimum absolute atomic E-state index is 0.253. The zero-order valence-corrected chi connectivity index (χ0v) is 20.4. The van der Waals surface area contributed by atoms with Gasteiger partial charge in [-0.1, -0.05) is 18.7 Å². The molecule has 8 heteroatoms. The maximum absolute atomic E-state index is 14.1. The van der Waals surface area contributed by atoms with Crippen molar-refractivity contribution in [2.24, 2.45) is 10.9 Å². The van der Waals surface area contributed by atoms with Crippen molar-refractivity contribution < 1.29 is 13.9 Å². The van der Waals surface area contributed by atoms with Crippen molar-refractivity contribution in [3.8, 4) is 5.69 Å². The topological polar surface area (TPSA) is 71.8 Å². The number of carbonyl (C=O) groups is 1. The van der Waals surface area contributed by atoms with Crippen LogP contribution in [-0.2, 0) is 4.74 Å². The molecule has 0 saturated carbocycles. The Morgan fingerprint density at radius 3 is 2.68 bits per heavy atom. The summed E-state index contributed by atoms with van der Waals surface area (Å²) in [5.41, 5.74) is 2.16. The molecular weight excluding hydrogens is 433 g/mol. The van der Waals surface area contributed by atoms with Crippen LogP contribution < -0.4 is 5.32 Å². The number of amides is 1. The number of rotatable bonds is 7. The SMILES string of the molecule is C=C(/C(=C\N=CC)NCC1CCN(C(=O)OC(C)(C)C)CC1)c1cnn(-c2ccccc2F)c1. The number of carbonyl (C=O) groups excluding carboxylic acids is 1. The van der Waals surface area contributed by atoms with Gasteiger partial charge < -0.3 is 15.0 Å². The number of hydrogen-bond acceptors (Lipinski definition) is 5. The van der Waals surface area contributed by atoms with Crippen LogP contribution in [0, 0.1) is 11.7 Å². The van der Waals surface area contributed by atoms with E-state index in [4.69, 9.17) is 4.74 Å². The van der Waals surface area contributed by atoms with Gasteiger partial charge in [0.05, 0.1) is 18.1 Å². The Balaban J connectivity index is 1.61. The van der Waals surface area contributed by atoms with Crippen LogP contribution in [-0.4, -0.2) is 52.2 Å². The van der Waals surface area contributed by atoms with Gasteiger partial charge in [-0.05, 0) is 58.6 Å². The molecule has 0 spiro atoms. The lowest BCUT2D eigenvalue weighted by molar-refractivity contribution is 0.0185. The molecule has 1 amide bonds. The highest BCUT2D eigenvalue weighted by molar-refractivity contribution is 5.76. The Morgan fingerprint density at radius 2 is 2.03 bits per heavy atom. The summed E-state index contributed by atoms with van der Waals surface area (Å²) in [7, 11) is 0. The third-order valence-electron chi connectivity index (χ3n) is 5.56. The highest BCUT2D eigenvalue weighted by Crippen LogP contribution is 2.23.